The molecule has 0 saturated carbocycles. The molecule has 0 amide bonds. The summed E-state index contributed by atoms with van der Waals surface area (Å²) in [5, 5.41) is 3.47. The summed E-state index contributed by atoms with van der Waals surface area (Å²) in [7, 11) is 0. The Hall–Kier alpha value is -0.0400. The Bertz CT molecular complexity index is 81.5. The summed E-state index contributed by atoms with van der Waals surface area (Å²) in [6.45, 7) is 16.4. The van der Waals surface area contributed by atoms with Gasteiger partial charge in [0.1, 0.15) is 0 Å². The summed E-state index contributed by atoms with van der Waals surface area (Å²) in [5.74, 6) is 0. The first-order chi connectivity index (χ1) is 5.48. The Kier molecular flexibility index (Phi) is 9.17. The second kappa shape index (κ2) is 7.60. The average Bonchev–Trinajstić information content (AvgIpc) is 2.02. The Balaban J connectivity index is 0. The van der Waals surface area contributed by atoms with Crippen LogP contribution in [0, 0.1) is 5.41 Å². The van der Waals surface area contributed by atoms with Gasteiger partial charge in [0.2, 0.25) is 0 Å². The molecule has 0 saturated heterocycles. The van der Waals surface area contributed by atoms with Crippen LogP contribution in [0.15, 0.2) is 0 Å². The normalized spacial score (nSPS) is 13.2. The van der Waals surface area contributed by atoms with E-state index in [1.54, 1.807) is 0 Å². The van der Waals surface area contributed by atoms with Gasteiger partial charge >= 0.3 is 0 Å². The zero-order chi connectivity index (χ0) is 10.2. The van der Waals surface area contributed by atoms with Crippen molar-refractivity contribution in [1.29, 1.82) is 0 Å². The standard InChI is InChI=1S/C9H21N.C2H6/c1-6-7-10-8(2)9(3,4)5;1-2/h8,10H,6-7H2,1-5H3;1-2H3. The van der Waals surface area contributed by atoms with Gasteiger partial charge < -0.3 is 5.32 Å². The Morgan fingerprint density at radius 1 is 1.17 bits per heavy atom. The molecule has 1 unspecified atom stereocenters. The van der Waals surface area contributed by atoms with E-state index in [4.69, 9.17) is 0 Å². The molecule has 12 heavy (non-hydrogen) atoms. The molecule has 0 fully saturated rings. The van der Waals surface area contributed by atoms with Crippen molar-refractivity contribution in [3.63, 3.8) is 0 Å². The highest BCUT2D eigenvalue weighted by molar-refractivity contribution is 4.75. The van der Waals surface area contributed by atoms with E-state index >= 15 is 0 Å². The summed E-state index contributed by atoms with van der Waals surface area (Å²) >= 11 is 0. The summed E-state index contributed by atoms with van der Waals surface area (Å²) in [4.78, 5) is 0. The largest absolute Gasteiger partial charge is 0.314 e. The number of hydrogen-bond acceptors (Lipinski definition) is 1. The van der Waals surface area contributed by atoms with Crippen LogP contribution in [-0.4, -0.2) is 12.6 Å². The molecule has 0 spiro atoms. The molecule has 0 aromatic carbocycles. The van der Waals surface area contributed by atoms with Gasteiger partial charge in [0.05, 0.1) is 0 Å². The van der Waals surface area contributed by atoms with Crippen LogP contribution in [0.2, 0.25) is 0 Å². The first-order valence-corrected chi connectivity index (χ1v) is 5.22. The molecular formula is C11H27N. The van der Waals surface area contributed by atoms with Crippen molar-refractivity contribution in [2.24, 2.45) is 5.41 Å². The van der Waals surface area contributed by atoms with Gasteiger partial charge in [-0.3, -0.25) is 0 Å². The molecule has 0 aliphatic heterocycles. The Morgan fingerprint density at radius 2 is 1.58 bits per heavy atom. The van der Waals surface area contributed by atoms with Crippen molar-refractivity contribution in [2.45, 2.75) is 60.9 Å². The van der Waals surface area contributed by atoms with Crippen molar-refractivity contribution in [3.05, 3.63) is 0 Å². The van der Waals surface area contributed by atoms with Gasteiger partial charge in [0.25, 0.3) is 0 Å². The van der Waals surface area contributed by atoms with Crippen LogP contribution < -0.4 is 5.32 Å². The van der Waals surface area contributed by atoms with Crippen molar-refractivity contribution in [3.8, 4) is 0 Å². The molecule has 1 atom stereocenters. The second-order valence-electron chi connectivity index (χ2n) is 4.04. The minimum absolute atomic E-state index is 0.398. The molecule has 0 heterocycles. The van der Waals surface area contributed by atoms with E-state index < -0.39 is 0 Å². The zero-order valence-corrected chi connectivity index (χ0v) is 9.99. The fourth-order valence-corrected chi connectivity index (χ4v) is 0.667. The van der Waals surface area contributed by atoms with Crippen molar-refractivity contribution < 1.29 is 0 Å². The maximum Gasteiger partial charge on any atom is 0.00872 e. The van der Waals surface area contributed by atoms with Crippen LogP contribution in [0.4, 0.5) is 0 Å². The van der Waals surface area contributed by atoms with E-state index in [1.165, 1.54) is 6.42 Å². The Labute approximate surface area is 78.9 Å². The zero-order valence-electron chi connectivity index (χ0n) is 9.99. The van der Waals surface area contributed by atoms with E-state index in [1.807, 2.05) is 13.8 Å². The van der Waals surface area contributed by atoms with Crippen LogP contribution in [0.3, 0.4) is 0 Å². The fourth-order valence-electron chi connectivity index (χ4n) is 0.667. The summed E-state index contributed by atoms with van der Waals surface area (Å²) in [5.41, 5.74) is 0.398. The lowest BCUT2D eigenvalue weighted by Gasteiger charge is -2.28. The SMILES string of the molecule is CC.CCCNC(C)C(C)(C)C. The molecule has 0 rings (SSSR count). The topological polar surface area (TPSA) is 12.0 Å². The van der Waals surface area contributed by atoms with Crippen LogP contribution in [-0.2, 0) is 0 Å². The van der Waals surface area contributed by atoms with Gasteiger partial charge in [-0.05, 0) is 25.3 Å². The third-order valence-electron chi connectivity index (χ3n) is 2.00. The molecule has 1 nitrogen and oxygen atoms in total. The molecular weight excluding hydrogens is 146 g/mol. The van der Waals surface area contributed by atoms with Crippen LogP contribution in [0.5, 0.6) is 0 Å². The maximum atomic E-state index is 3.47. The third-order valence-corrected chi connectivity index (χ3v) is 2.00. The van der Waals surface area contributed by atoms with Gasteiger partial charge in [-0.1, -0.05) is 41.5 Å². The lowest BCUT2D eigenvalue weighted by molar-refractivity contribution is 0.287. The van der Waals surface area contributed by atoms with E-state index in [2.05, 4.69) is 39.9 Å². The van der Waals surface area contributed by atoms with Crippen molar-refractivity contribution in [1.82, 2.24) is 5.32 Å². The maximum absolute atomic E-state index is 3.47. The van der Waals surface area contributed by atoms with Crippen LogP contribution in [0.1, 0.15) is 54.9 Å². The van der Waals surface area contributed by atoms with Crippen LogP contribution in [0.25, 0.3) is 0 Å². The highest BCUT2D eigenvalue weighted by Gasteiger charge is 2.18. The average molecular weight is 173 g/mol. The minimum atomic E-state index is 0.398. The lowest BCUT2D eigenvalue weighted by Crippen LogP contribution is -2.37. The molecule has 0 aliphatic carbocycles. The summed E-state index contributed by atoms with van der Waals surface area (Å²) in [6.07, 6.45) is 1.22. The minimum Gasteiger partial charge on any atom is -0.314 e. The lowest BCUT2D eigenvalue weighted by atomic mass is 9.88. The summed E-state index contributed by atoms with van der Waals surface area (Å²) in [6, 6.07) is 0.618. The highest BCUT2D eigenvalue weighted by Crippen LogP contribution is 2.17. The smallest absolute Gasteiger partial charge is 0.00872 e. The van der Waals surface area contributed by atoms with Gasteiger partial charge in [-0.15, -0.1) is 0 Å². The van der Waals surface area contributed by atoms with Gasteiger partial charge in [-0.25, -0.2) is 0 Å². The van der Waals surface area contributed by atoms with E-state index in [9.17, 15) is 0 Å². The monoisotopic (exact) mass is 173 g/mol. The number of nitrogens with one attached hydrogen (secondary N) is 1. The summed E-state index contributed by atoms with van der Waals surface area (Å²) < 4.78 is 0. The number of rotatable bonds is 3. The molecule has 1 heteroatoms. The molecule has 0 bridgehead atoms. The van der Waals surface area contributed by atoms with Gasteiger partial charge in [-0.2, -0.15) is 0 Å². The van der Waals surface area contributed by atoms with Gasteiger partial charge in [0.15, 0.2) is 0 Å². The van der Waals surface area contributed by atoms with Gasteiger partial charge in [0, 0.05) is 6.04 Å². The fraction of sp³-hybridized carbons (Fsp3) is 1.00. The van der Waals surface area contributed by atoms with E-state index in [0.29, 0.717) is 11.5 Å². The molecule has 1 N–H and O–H groups in total. The predicted molar refractivity (Wildman–Crippen MR) is 58.6 cm³/mol. The van der Waals surface area contributed by atoms with E-state index in [0.717, 1.165) is 6.54 Å². The highest BCUT2D eigenvalue weighted by atomic mass is 14.9. The first kappa shape index (κ1) is 14.5. The van der Waals surface area contributed by atoms with E-state index in [-0.39, 0.29) is 0 Å². The quantitative estimate of drug-likeness (QED) is 0.689. The van der Waals surface area contributed by atoms with Crippen molar-refractivity contribution >= 4 is 0 Å². The second-order valence-corrected chi connectivity index (χ2v) is 4.04. The van der Waals surface area contributed by atoms with Crippen molar-refractivity contribution in [2.75, 3.05) is 6.54 Å². The third kappa shape index (κ3) is 8.06. The molecule has 0 aromatic heterocycles. The molecule has 76 valence electrons. The van der Waals surface area contributed by atoms with Crippen LogP contribution >= 0.6 is 0 Å². The molecule has 0 radical (unpaired) electrons. The Morgan fingerprint density at radius 3 is 1.83 bits per heavy atom. The molecule has 0 aliphatic rings. The molecule has 0 aromatic rings. The predicted octanol–water partition coefficient (Wildman–Crippen LogP) is 3.45. The number of hydrogen-bond donors (Lipinski definition) is 1. The first-order valence-electron chi connectivity index (χ1n) is 5.22.